The Hall–Kier alpha value is -2.17. The molecule has 1 amide bonds. The van der Waals surface area contributed by atoms with Gasteiger partial charge in [0, 0.05) is 12.0 Å². The monoisotopic (exact) mass is 301 g/mol. The molecule has 1 aromatic heterocycles. The second-order valence-corrected chi connectivity index (χ2v) is 6.21. The molecule has 0 saturated heterocycles. The molecule has 1 aromatic carbocycles. The maximum atomic E-state index is 12.0. The van der Waals surface area contributed by atoms with Crippen LogP contribution < -0.4 is 5.32 Å². The zero-order chi connectivity index (χ0) is 16.1. The van der Waals surface area contributed by atoms with Gasteiger partial charge in [-0.25, -0.2) is 0 Å². The highest BCUT2D eigenvalue weighted by Gasteiger charge is 2.25. The summed E-state index contributed by atoms with van der Waals surface area (Å²) in [7, 11) is 0. The third-order valence-electron chi connectivity index (χ3n) is 3.32. The van der Waals surface area contributed by atoms with Crippen molar-refractivity contribution in [3.05, 3.63) is 36.2 Å². The van der Waals surface area contributed by atoms with Crippen LogP contribution in [0.2, 0.25) is 0 Å². The second-order valence-electron chi connectivity index (χ2n) is 6.21. The Balaban J connectivity index is 2.16. The molecule has 0 spiro atoms. The van der Waals surface area contributed by atoms with Gasteiger partial charge in [-0.05, 0) is 11.8 Å². The number of amides is 1. The van der Waals surface area contributed by atoms with Crippen molar-refractivity contribution in [2.24, 2.45) is 11.8 Å². The van der Waals surface area contributed by atoms with Crippen molar-refractivity contribution in [1.29, 1.82) is 0 Å². The molecule has 1 heterocycles. The van der Waals surface area contributed by atoms with Crippen molar-refractivity contribution in [2.75, 3.05) is 0 Å². The molecule has 0 fully saturated rings. The summed E-state index contributed by atoms with van der Waals surface area (Å²) in [6.07, 6.45) is 0.489. The molecule has 5 nitrogen and oxygen atoms in total. The van der Waals surface area contributed by atoms with Crippen LogP contribution in [0.4, 0.5) is 0 Å². The van der Waals surface area contributed by atoms with E-state index in [0.717, 1.165) is 5.56 Å². The predicted octanol–water partition coefficient (Wildman–Crippen LogP) is 3.60. The van der Waals surface area contributed by atoms with Gasteiger partial charge in [-0.3, -0.25) is 4.79 Å². The van der Waals surface area contributed by atoms with E-state index in [0.29, 0.717) is 24.1 Å². The van der Waals surface area contributed by atoms with E-state index >= 15 is 0 Å². The van der Waals surface area contributed by atoms with Gasteiger partial charge in [0.05, 0.1) is 0 Å². The smallest absolute Gasteiger partial charge is 0.249 e. The van der Waals surface area contributed by atoms with E-state index in [1.807, 2.05) is 58.0 Å². The van der Waals surface area contributed by atoms with Crippen LogP contribution in [0.25, 0.3) is 11.4 Å². The minimum Gasteiger partial charge on any atom is -0.344 e. The molecule has 1 unspecified atom stereocenters. The third-order valence-corrected chi connectivity index (χ3v) is 3.32. The molecule has 2 aromatic rings. The van der Waals surface area contributed by atoms with Gasteiger partial charge >= 0.3 is 0 Å². The van der Waals surface area contributed by atoms with Crippen LogP contribution in [0.5, 0.6) is 0 Å². The van der Waals surface area contributed by atoms with Gasteiger partial charge in [0.15, 0.2) is 0 Å². The van der Waals surface area contributed by atoms with Crippen LogP contribution >= 0.6 is 0 Å². The molecule has 1 atom stereocenters. The Bertz CT molecular complexity index is 605. The van der Waals surface area contributed by atoms with Crippen molar-refractivity contribution in [3.8, 4) is 11.4 Å². The summed E-state index contributed by atoms with van der Waals surface area (Å²) in [5.74, 6) is 1.48. The Kier molecular flexibility index (Phi) is 5.31. The Morgan fingerprint density at radius 1 is 1.18 bits per heavy atom. The highest BCUT2D eigenvalue weighted by molar-refractivity contribution is 5.76. The Morgan fingerprint density at radius 2 is 1.86 bits per heavy atom. The first-order valence-electron chi connectivity index (χ1n) is 7.65. The number of hydrogen-bond donors (Lipinski definition) is 1. The van der Waals surface area contributed by atoms with Gasteiger partial charge in [-0.15, -0.1) is 0 Å². The molecule has 118 valence electrons. The zero-order valence-electron chi connectivity index (χ0n) is 13.5. The molecular weight excluding hydrogens is 278 g/mol. The number of benzene rings is 1. The lowest BCUT2D eigenvalue weighted by Gasteiger charge is -2.19. The molecule has 0 aliphatic heterocycles. The fourth-order valence-corrected chi connectivity index (χ4v) is 2.18. The average Bonchev–Trinajstić information content (AvgIpc) is 2.94. The molecule has 0 saturated carbocycles. The van der Waals surface area contributed by atoms with E-state index < -0.39 is 0 Å². The number of carbonyl (C=O) groups is 1. The van der Waals surface area contributed by atoms with Crippen LogP contribution in [-0.4, -0.2) is 16.0 Å². The third kappa shape index (κ3) is 4.16. The fourth-order valence-electron chi connectivity index (χ4n) is 2.18. The highest BCUT2D eigenvalue weighted by Crippen LogP contribution is 2.23. The summed E-state index contributed by atoms with van der Waals surface area (Å²) < 4.78 is 5.37. The largest absolute Gasteiger partial charge is 0.344 e. The van der Waals surface area contributed by atoms with Gasteiger partial charge in [0.25, 0.3) is 0 Å². The molecule has 0 aliphatic rings. The summed E-state index contributed by atoms with van der Waals surface area (Å²) in [5, 5.41) is 7.01. The van der Waals surface area contributed by atoms with Crippen LogP contribution in [0.1, 0.15) is 46.0 Å². The maximum Gasteiger partial charge on any atom is 0.249 e. The predicted molar refractivity (Wildman–Crippen MR) is 84.9 cm³/mol. The van der Waals surface area contributed by atoms with Crippen LogP contribution in [0, 0.1) is 11.8 Å². The summed E-state index contributed by atoms with van der Waals surface area (Å²) in [4.78, 5) is 16.5. The SMILES string of the molecule is CC(C)CC(=O)NC(c1nc(-c2ccccc2)no1)C(C)C. The van der Waals surface area contributed by atoms with E-state index in [9.17, 15) is 4.79 Å². The van der Waals surface area contributed by atoms with Crippen LogP contribution in [0.15, 0.2) is 34.9 Å². The van der Waals surface area contributed by atoms with E-state index in [1.165, 1.54) is 0 Å². The number of aromatic nitrogens is 2. The van der Waals surface area contributed by atoms with Gasteiger partial charge < -0.3 is 9.84 Å². The average molecular weight is 301 g/mol. The molecular formula is C17H23N3O2. The van der Waals surface area contributed by atoms with Crippen LogP contribution in [0.3, 0.4) is 0 Å². The van der Waals surface area contributed by atoms with Gasteiger partial charge in [-0.1, -0.05) is 63.2 Å². The van der Waals surface area contributed by atoms with Gasteiger partial charge in [0.1, 0.15) is 6.04 Å². The summed E-state index contributed by atoms with van der Waals surface area (Å²) in [5.41, 5.74) is 0.897. The molecule has 5 heteroatoms. The molecule has 1 N–H and O–H groups in total. The van der Waals surface area contributed by atoms with Crippen molar-refractivity contribution in [2.45, 2.75) is 40.2 Å². The van der Waals surface area contributed by atoms with Crippen molar-refractivity contribution in [1.82, 2.24) is 15.5 Å². The number of carbonyl (C=O) groups excluding carboxylic acids is 1. The fraction of sp³-hybridized carbons (Fsp3) is 0.471. The number of nitrogens with zero attached hydrogens (tertiary/aromatic N) is 2. The minimum absolute atomic E-state index is 0.00756. The van der Waals surface area contributed by atoms with Crippen molar-refractivity contribution >= 4 is 5.91 Å². The van der Waals surface area contributed by atoms with Gasteiger partial charge in [-0.2, -0.15) is 4.98 Å². The molecule has 0 aliphatic carbocycles. The zero-order valence-corrected chi connectivity index (χ0v) is 13.5. The minimum atomic E-state index is -0.267. The van der Waals surface area contributed by atoms with Crippen molar-refractivity contribution < 1.29 is 9.32 Å². The van der Waals surface area contributed by atoms with E-state index in [-0.39, 0.29) is 17.9 Å². The first-order chi connectivity index (χ1) is 10.5. The lowest BCUT2D eigenvalue weighted by atomic mass is 10.0. The first-order valence-corrected chi connectivity index (χ1v) is 7.65. The van der Waals surface area contributed by atoms with Gasteiger partial charge in [0.2, 0.25) is 17.6 Å². The molecule has 22 heavy (non-hydrogen) atoms. The van der Waals surface area contributed by atoms with E-state index in [1.54, 1.807) is 0 Å². The molecule has 0 bridgehead atoms. The Morgan fingerprint density at radius 3 is 2.45 bits per heavy atom. The number of nitrogens with one attached hydrogen (secondary N) is 1. The summed E-state index contributed by atoms with van der Waals surface area (Å²) >= 11 is 0. The maximum absolute atomic E-state index is 12.0. The number of hydrogen-bond acceptors (Lipinski definition) is 4. The first kappa shape index (κ1) is 16.2. The summed E-state index contributed by atoms with van der Waals surface area (Å²) in [6, 6.07) is 9.38. The second kappa shape index (κ2) is 7.20. The number of rotatable bonds is 6. The molecule has 2 rings (SSSR count). The quantitative estimate of drug-likeness (QED) is 0.885. The standard InChI is InChI=1S/C17H23N3O2/c1-11(2)10-14(21)18-15(12(3)4)17-19-16(20-22-17)13-8-6-5-7-9-13/h5-9,11-12,15H,10H2,1-4H3,(H,18,21). The van der Waals surface area contributed by atoms with Crippen molar-refractivity contribution in [3.63, 3.8) is 0 Å². The Labute approximate surface area is 131 Å². The lowest BCUT2D eigenvalue weighted by Crippen LogP contribution is -2.32. The van der Waals surface area contributed by atoms with Crippen LogP contribution in [-0.2, 0) is 4.79 Å². The van der Waals surface area contributed by atoms with E-state index in [2.05, 4.69) is 15.5 Å². The molecule has 0 radical (unpaired) electrons. The lowest BCUT2D eigenvalue weighted by molar-refractivity contribution is -0.123. The van der Waals surface area contributed by atoms with E-state index in [4.69, 9.17) is 4.52 Å². The summed E-state index contributed by atoms with van der Waals surface area (Å²) in [6.45, 7) is 8.08. The highest BCUT2D eigenvalue weighted by atomic mass is 16.5. The normalized spacial score (nSPS) is 12.6. The topological polar surface area (TPSA) is 68.0 Å².